The fraction of sp³-hybridized carbons (Fsp3) is 0.350. The molecule has 5 nitrogen and oxygen atoms in total. The quantitative estimate of drug-likeness (QED) is 0.867. The summed E-state index contributed by atoms with van der Waals surface area (Å²) in [6.45, 7) is 2.00. The fourth-order valence-electron chi connectivity index (χ4n) is 3.65. The number of hydrogen-bond acceptors (Lipinski definition) is 4. The third-order valence-corrected chi connectivity index (χ3v) is 5.47. The maximum absolute atomic E-state index is 12.6. The maximum Gasteiger partial charge on any atom is 0.254 e. The molecule has 1 amide bonds. The number of anilines is 1. The van der Waals surface area contributed by atoms with Gasteiger partial charge in [-0.1, -0.05) is 23.7 Å². The topological polar surface area (TPSA) is 64.0 Å². The Morgan fingerprint density at radius 1 is 1.08 bits per heavy atom. The normalized spacial score (nSPS) is 21.6. The zero-order valence-electron chi connectivity index (χ0n) is 14.3. The lowest BCUT2D eigenvalue weighted by molar-refractivity contribution is -0.0863. The van der Waals surface area contributed by atoms with Crippen molar-refractivity contribution < 1.29 is 15.0 Å². The van der Waals surface area contributed by atoms with Crippen molar-refractivity contribution in [2.75, 3.05) is 31.1 Å². The number of carbonyl (C=O) groups excluding carboxylic acids is 1. The van der Waals surface area contributed by atoms with Gasteiger partial charge in [0.2, 0.25) is 0 Å². The monoisotopic (exact) mass is 372 g/mol. The number of likely N-dealkylation sites (tertiary alicyclic amines) is 1. The molecule has 2 aliphatic heterocycles. The van der Waals surface area contributed by atoms with Gasteiger partial charge in [-0.3, -0.25) is 4.79 Å². The van der Waals surface area contributed by atoms with Crippen molar-refractivity contribution in [1.82, 2.24) is 4.90 Å². The van der Waals surface area contributed by atoms with Gasteiger partial charge in [-0.2, -0.15) is 0 Å². The molecular formula is C20H21ClN2O3. The first kappa shape index (κ1) is 17.3. The summed E-state index contributed by atoms with van der Waals surface area (Å²) in [6, 6.07) is 14.5. The van der Waals surface area contributed by atoms with Crippen LogP contribution in [-0.2, 0) is 5.60 Å². The van der Waals surface area contributed by atoms with E-state index in [9.17, 15) is 15.0 Å². The lowest BCUT2D eigenvalue weighted by Crippen LogP contribution is -2.61. The van der Waals surface area contributed by atoms with E-state index in [-0.39, 0.29) is 25.1 Å². The number of rotatable bonds is 3. The van der Waals surface area contributed by atoms with Gasteiger partial charge in [0.1, 0.15) is 5.60 Å². The van der Waals surface area contributed by atoms with Crippen molar-refractivity contribution in [3.05, 3.63) is 64.7 Å². The Balaban J connectivity index is 1.40. The molecule has 136 valence electrons. The van der Waals surface area contributed by atoms with E-state index in [1.165, 1.54) is 0 Å². The van der Waals surface area contributed by atoms with Gasteiger partial charge in [0, 0.05) is 29.4 Å². The molecule has 2 heterocycles. The van der Waals surface area contributed by atoms with Crippen molar-refractivity contribution >= 4 is 23.2 Å². The predicted octanol–water partition coefficient (Wildman–Crippen LogP) is 2.25. The van der Waals surface area contributed by atoms with Crippen LogP contribution in [0, 0.1) is 0 Å². The molecule has 0 saturated carbocycles. The van der Waals surface area contributed by atoms with Crippen LogP contribution in [0.15, 0.2) is 48.5 Å². The van der Waals surface area contributed by atoms with Gasteiger partial charge in [-0.05, 0) is 48.4 Å². The highest BCUT2D eigenvalue weighted by molar-refractivity contribution is 6.30. The summed E-state index contributed by atoms with van der Waals surface area (Å²) in [4.78, 5) is 16.4. The van der Waals surface area contributed by atoms with E-state index in [0.29, 0.717) is 17.1 Å². The lowest BCUT2D eigenvalue weighted by Gasteiger charge is -2.46. The summed E-state index contributed by atoms with van der Waals surface area (Å²) in [5.41, 5.74) is 1.38. The SMILES string of the molecule is O=C(c1ccc(N2CCC(O)C2)cc1)N1CC(O)(c2ccc(Cl)cc2)C1. The second-order valence-corrected chi connectivity index (χ2v) is 7.57. The zero-order chi connectivity index (χ0) is 18.3. The average molecular weight is 373 g/mol. The minimum absolute atomic E-state index is 0.0864. The Morgan fingerprint density at radius 3 is 2.31 bits per heavy atom. The molecule has 1 atom stereocenters. The van der Waals surface area contributed by atoms with Crippen LogP contribution in [0.2, 0.25) is 5.02 Å². The molecule has 0 spiro atoms. The zero-order valence-corrected chi connectivity index (χ0v) is 15.1. The highest BCUT2D eigenvalue weighted by Gasteiger charge is 2.45. The van der Waals surface area contributed by atoms with Crippen LogP contribution >= 0.6 is 11.6 Å². The molecule has 0 bridgehead atoms. The molecule has 0 aromatic heterocycles. The molecule has 0 aliphatic carbocycles. The Labute approximate surface area is 157 Å². The lowest BCUT2D eigenvalue weighted by atomic mass is 9.85. The van der Waals surface area contributed by atoms with E-state index in [1.807, 2.05) is 24.3 Å². The van der Waals surface area contributed by atoms with Gasteiger partial charge in [-0.15, -0.1) is 0 Å². The largest absolute Gasteiger partial charge is 0.391 e. The molecule has 4 rings (SSSR count). The molecule has 2 fully saturated rings. The first-order valence-electron chi connectivity index (χ1n) is 8.75. The van der Waals surface area contributed by atoms with E-state index in [4.69, 9.17) is 11.6 Å². The number of amides is 1. The Hall–Kier alpha value is -2.08. The average Bonchev–Trinajstić information content (AvgIpc) is 3.05. The minimum atomic E-state index is -1.01. The predicted molar refractivity (Wildman–Crippen MR) is 101 cm³/mol. The highest BCUT2D eigenvalue weighted by Crippen LogP contribution is 2.33. The van der Waals surface area contributed by atoms with Crippen LogP contribution in [0.1, 0.15) is 22.3 Å². The van der Waals surface area contributed by atoms with Crippen molar-refractivity contribution in [2.45, 2.75) is 18.1 Å². The van der Waals surface area contributed by atoms with Crippen LogP contribution in [0.25, 0.3) is 0 Å². The molecule has 2 N–H and O–H groups in total. The molecule has 1 unspecified atom stereocenters. The second-order valence-electron chi connectivity index (χ2n) is 7.14. The molecule has 2 saturated heterocycles. The number of nitrogens with zero attached hydrogens (tertiary/aromatic N) is 2. The molecule has 2 aliphatic rings. The fourth-order valence-corrected chi connectivity index (χ4v) is 3.77. The summed E-state index contributed by atoms with van der Waals surface area (Å²) in [5.74, 6) is -0.0864. The molecular weight excluding hydrogens is 352 g/mol. The standard InChI is InChI=1S/C20H21ClN2O3/c21-16-5-3-15(4-6-16)20(26)12-23(13-20)19(25)14-1-7-17(8-2-14)22-10-9-18(24)11-22/h1-8,18,24,26H,9-13H2. The molecule has 6 heteroatoms. The number of halogens is 1. The number of carbonyl (C=O) groups is 1. The van der Waals surface area contributed by atoms with E-state index in [1.54, 1.807) is 29.2 Å². The second kappa shape index (κ2) is 6.58. The maximum atomic E-state index is 12.6. The third-order valence-electron chi connectivity index (χ3n) is 5.22. The molecule has 26 heavy (non-hydrogen) atoms. The van der Waals surface area contributed by atoms with Crippen LogP contribution in [0.4, 0.5) is 5.69 Å². The van der Waals surface area contributed by atoms with Gasteiger partial charge in [0.05, 0.1) is 19.2 Å². The molecule has 0 radical (unpaired) electrons. The van der Waals surface area contributed by atoms with E-state index in [0.717, 1.165) is 24.2 Å². The van der Waals surface area contributed by atoms with Gasteiger partial charge in [0.15, 0.2) is 0 Å². The first-order chi connectivity index (χ1) is 12.4. The summed E-state index contributed by atoms with van der Waals surface area (Å²) in [6.07, 6.45) is 0.500. The number of hydrogen-bond donors (Lipinski definition) is 2. The van der Waals surface area contributed by atoms with Crippen molar-refractivity contribution in [3.8, 4) is 0 Å². The van der Waals surface area contributed by atoms with Crippen LogP contribution < -0.4 is 4.90 Å². The number of aliphatic hydroxyl groups excluding tert-OH is 1. The van der Waals surface area contributed by atoms with Crippen molar-refractivity contribution in [1.29, 1.82) is 0 Å². The van der Waals surface area contributed by atoms with E-state index < -0.39 is 5.60 Å². The third kappa shape index (κ3) is 3.18. The minimum Gasteiger partial charge on any atom is -0.391 e. The first-order valence-corrected chi connectivity index (χ1v) is 9.13. The smallest absolute Gasteiger partial charge is 0.254 e. The number of β-amino-alcohol motifs (C(OH)–C–C–N with tert-alkyl or cyclic N) is 2. The Morgan fingerprint density at radius 2 is 1.73 bits per heavy atom. The molecule has 2 aromatic rings. The van der Waals surface area contributed by atoms with Crippen molar-refractivity contribution in [3.63, 3.8) is 0 Å². The summed E-state index contributed by atoms with van der Waals surface area (Å²) in [7, 11) is 0. The van der Waals surface area contributed by atoms with Gasteiger partial charge >= 0.3 is 0 Å². The number of aliphatic hydroxyl groups is 2. The molecule has 2 aromatic carbocycles. The van der Waals surface area contributed by atoms with Gasteiger partial charge < -0.3 is 20.0 Å². The van der Waals surface area contributed by atoms with Crippen LogP contribution in [0.5, 0.6) is 0 Å². The van der Waals surface area contributed by atoms with Crippen LogP contribution in [0.3, 0.4) is 0 Å². The summed E-state index contributed by atoms with van der Waals surface area (Å²) >= 11 is 5.89. The van der Waals surface area contributed by atoms with Crippen LogP contribution in [-0.4, -0.2) is 53.3 Å². The van der Waals surface area contributed by atoms with Crippen molar-refractivity contribution in [2.24, 2.45) is 0 Å². The van der Waals surface area contributed by atoms with E-state index in [2.05, 4.69) is 4.90 Å². The van der Waals surface area contributed by atoms with E-state index >= 15 is 0 Å². The number of benzene rings is 2. The van der Waals surface area contributed by atoms with Gasteiger partial charge in [0.25, 0.3) is 5.91 Å². The Bertz CT molecular complexity index is 801. The highest BCUT2D eigenvalue weighted by atomic mass is 35.5. The summed E-state index contributed by atoms with van der Waals surface area (Å²) < 4.78 is 0. The Kier molecular flexibility index (Phi) is 4.39. The summed E-state index contributed by atoms with van der Waals surface area (Å²) in [5, 5.41) is 20.9. The van der Waals surface area contributed by atoms with Gasteiger partial charge in [-0.25, -0.2) is 0 Å².